The number of hydrogen-bond donors (Lipinski definition) is 1. The highest BCUT2D eigenvalue weighted by molar-refractivity contribution is 7.47. The molecule has 9 nitrogen and oxygen atoms in total. The lowest BCUT2D eigenvalue weighted by atomic mass is 10.1. The molecule has 0 fully saturated rings. The molecule has 0 aromatic heterocycles. The number of ether oxygens (including phenoxy) is 2. The Morgan fingerprint density at radius 1 is 0.323 bits per heavy atom. The van der Waals surface area contributed by atoms with E-state index in [1.807, 2.05) is 21.1 Å². The maximum absolute atomic E-state index is 12.9. The zero-order valence-corrected chi connectivity index (χ0v) is 61.4. The molecule has 2 unspecified atom stereocenters. The molecular weight excluding hydrogens is 1210 g/mol. The molecule has 0 rings (SSSR count). The van der Waals surface area contributed by atoms with E-state index >= 15 is 0 Å². The smallest absolute Gasteiger partial charge is 0.462 e. The van der Waals surface area contributed by atoms with Gasteiger partial charge in [-0.25, -0.2) is 4.57 Å². The third-order valence-corrected chi connectivity index (χ3v) is 15.0. The van der Waals surface area contributed by atoms with Gasteiger partial charge in [0.05, 0.1) is 27.7 Å². The summed E-state index contributed by atoms with van der Waals surface area (Å²) >= 11 is 0. The molecule has 0 aromatic rings. The van der Waals surface area contributed by atoms with Crippen molar-refractivity contribution in [3.05, 3.63) is 255 Å². The summed E-state index contributed by atoms with van der Waals surface area (Å²) in [4.78, 5) is 35.9. The first-order chi connectivity index (χ1) is 47.0. The molecule has 0 radical (unpaired) electrons. The number of carbonyl (C=O) groups is 2. The van der Waals surface area contributed by atoms with Crippen LogP contribution in [-0.4, -0.2) is 74.9 Å². The van der Waals surface area contributed by atoms with E-state index in [1.165, 1.54) is 0 Å². The lowest BCUT2D eigenvalue weighted by Crippen LogP contribution is -2.37. The van der Waals surface area contributed by atoms with Crippen LogP contribution in [0.25, 0.3) is 0 Å². The molecule has 2 atom stereocenters. The summed E-state index contributed by atoms with van der Waals surface area (Å²) < 4.78 is 34.6. The van der Waals surface area contributed by atoms with E-state index in [4.69, 9.17) is 18.5 Å². The van der Waals surface area contributed by atoms with Gasteiger partial charge in [-0.1, -0.05) is 288 Å². The Labute approximate surface area is 586 Å². The van der Waals surface area contributed by atoms with Gasteiger partial charge in [-0.3, -0.25) is 18.6 Å². The number of carbonyl (C=O) groups excluding carboxylic acids is 2. The first-order valence-electron chi connectivity index (χ1n) is 36.4. The second-order valence-electron chi connectivity index (χ2n) is 24.2. The molecule has 0 spiro atoms. The van der Waals surface area contributed by atoms with Crippen molar-refractivity contribution in [3.63, 3.8) is 0 Å². The van der Waals surface area contributed by atoms with Gasteiger partial charge in [0.15, 0.2) is 6.10 Å². The molecule has 0 heterocycles. The van der Waals surface area contributed by atoms with Crippen LogP contribution in [0.5, 0.6) is 0 Å². The van der Waals surface area contributed by atoms with Crippen LogP contribution in [0.3, 0.4) is 0 Å². The summed E-state index contributed by atoms with van der Waals surface area (Å²) in [5.41, 5.74) is 0. The van der Waals surface area contributed by atoms with Crippen LogP contribution in [-0.2, 0) is 32.7 Å². The lowest BCUT2D eigenvalue weighted by Gasteiger charge is -2.24. The summed E-state index contributed by atoms with van der Waals surface area (Å²) in [6, 6.07) is 0. The highest BCUT2D eigenvalue weighted by Crippen LogP contribution is 2.43. The minimum atomic E-state index is -4.43. The van der Waals surface area contributed by atoms with Gasteiger partial charge in [0, 0.05) is 12.8 Å². The first kappa shape index (κ1) is 89.5. The second kappa shape index (κ2) is 72.8. The van der Waals surface area contributed by atoms with Crippen LogP contribution in [0, 0.1) is 0 Å². The van der Waals surface area contributed by atoms with Gasteiger partial charge in [-0.15, -0.1) is 0 Å². The zero-order valence-electron chi connectivity index (χ0n) is 60.5. The fraction of sp³-hybridized carbons (Fsp3) is 0.488. The average molecular weight is 1340 g/mol. The number of nitrogens with zero attached hydrogens (tertiary/aromatic N) is 1. The number of quaternary nitrogens is 1. The Morgan fingerprint density at radius 3 is 0.833 bits per heavy atom. The number of unbranched alkanes of at least 4 members (excludes halogenated alkanes) is 7. The van der Waals surface area contributed by atoms with Crippen LogP contribution in [0.1, 0.15) is 219 Å². The monoisotopic (exact) mass is 1340 g/mol. The standard InChI is InChI=1S/C86H130NO8P/c1-6-8-10-12-14-16-18-20-22-24-26-28-30-32-34-36-38-40-42-43-45-47-49-51-53-55-57-59-61-63-65-67-69-71-73-75-77-79-86(89)95-84(83-94-96(90,91)93-81-80-87(3,4)5)82-92-85(88)78-76-74-72-70-68-66-64-62-60-58-56-54-52-50-48-46-44-41-39-37-35-33-31-29-27-25-23-21-19-17-15-13-11-9-7-2/h8-11,14-17,20-23,26-29,32-35,38-41,43,45-46,48-49,51-52,54-55,57-58,60-61,63-64,66-67,69,84H,6-7,12-13,18-19,24-25,30-31,36-37,42,44,47,50,53,56,59,62,65,68,70-83H2,1-5H3/p+1/b10-8-,11-9-,16-14-,17-15-,22-20-,23-21-,28-26-,29-27-,34-32-,35-33-,40-38-,41-39-,45-43-,48-46-,51-49-,54-52-,57-55-,60-58-,63-61-,66-64-,69-67-. The Kier molecular flexibility index (Phi) is 67.9. The van der Waals surface area contributed by atoms with Crippen LogP contribution >= 0.6 is 7.82 Å². The molecular formula is C86H131NO8P+. The number of phosphoric acid groups is 1. The van der Waals surface area contributed by atoms with Crippen molar-refractivity contribution in [3.8, 4) is 0 Å². The predicted octanol–water partition coefficient (Wildman–Crippen LogP) is 24.5. The topological polar surface area (TPSA) is 108 Å². The highest BCUT2D eigenvalue weighted by Gasteiger charge is 2.27. The van der Waals surface area contributed by atoms with Crippen molar-refractivity contribution in [2.75, 3.05) is 47.5 Å². The Hall–Kier alpha value is -6.45. The fourth-order valence-electron chi connectivity index (χ4n) is 8.58. The zero-order chi connectivity index (χ0) is 69.7. The summed E-state index contributed by atoms with van der Waals surface area (Å²) in [6.07, 6.45) is 121. The quantitative estimate of drug-likeness (QED) is 0.0211. The number of rotatable bonds is 63. The van der Waals surface area contributed by atoms with Crippen LogP contribution in [0.4, 0.5) is 0 Å². The normalized spacial score (nSPS) is 14.6. The van der Waals surface area contributed by atoms with Crippen molar-refractivity contribution in [1.29, 1.82) is 0 Å². The third-order valence-electron chi connectivity index (χ3n) is 14.1. The Bertz CT molecular complexity index is 2570. The van der Waals surface area contributed by atoms with E-state index in [0.717, 1.165) is 180 Å². The summed E-state index contributed by atoms with van der Waals surface area (Å²) in [5.74, 6) is -0.889. The molecule has 532 valence electrons. The number of allylic oxidation sites excluding steroid dienone is 42. The van der Waals surface area contributed by atoms with Gasteiger partial charge < -0.3 is 18.9 Å². The SMILES string of the molecule is CC/C=C\C/C=C\C/C=C\C/C=C\C/C=C\C/C=C\C/C=C\C/C=C\C/C=C\C/C=C\C/C=C\CCCCCC(=O)OC(COC(=O)CCCCCC/C=C\C/C=C\C/C=C\C/C=C\C/C=C\C/C=C\C/C=C\C/C=C\C/C=C\C/C=C\CC)COP(=O)(O)OCC[N+](C)(C)C. The minimum absolute atomic E-state index is 0.00486. The molecule has 0 aliphatic rings. The van der Waals surface area contributed by atoms with E-state index in [9.17, 15) is 19.0 Å². The molecule has 1 N–H and O–H groups in total. The van der Waals surface area contributed by atoms with Gasteiger partial charge >= 0.3 is 19.8 Å². The molecule has 0 bridgehead atoms. The van der Waals surface area contributed by atoms with Crippen molar-refractivity contribution in [1.82, 2.24) is 0 Å². The van der Waals surface area contributed by atoms with E-state index in [0.29, 0.717) is 23.9 Å². The van der Waals surface area contributed by atoms with Crippen molar-refractivity contribution in [2.45, 2.75) is 225 Å². The number of phosphoric ester groups is 1. The van der Waals surface area contributed by atoms with E-state index in [1.54, 1.807) is 0 Å². The van der Waals surface area contributed by atoms with Crippen molar-refractivity contribution in [2.24, 2.45) is 0 Å². The summed E-state index contributed by atoms with van der Waals surface area (Å²) in [5, 5.41) is 0. The van der Waals surface area contributed by atoms with E-state index in [2.05, 4.69) is 269 Å². The predicted molar refractivity (Wildman–Crippen MR) is 416 cm³/mol. The molecule has 96 heavy (non-hydrogen) atoms. The molecule has 0 saturated carbocycles. The van der Waals surface area contributed by atoms with Crippen molar-refractivity contribution >= 4 is 19.8 Å². The van der Waals surface area contributed by atoms with Gasteiger partial charge in [0.25, 0.3) is 0 Å². The number of esters is 2. The molecule has 0 aromatic carbocycles. The maximum Gasteiger partial charge on any atom is 0.472 e. The maximum atomic E-state index is 12.9. The largest absolute Gasteiger partial charge is 0.472 e. The Balaban J connectivity index is 4.29. The fourth-order valence-corrected chi connectivity index (χ4v) is 9.32. The lowest BCUT2D eigenvalue weighted by molar-refractivity contribution is -0.870. The van der Waals surface area contributed by atoms with E-state index in [-0.39, 0.29) is 26.1 Å². The Morgan fingerprint density at radius 2 is 0.562 bits per heavy atom. The van der Waals surface area contributed by atoms with Gasteiger partial charge in [-0.2, -0.15) is 0 Å². The van der Waals surface area contributed by atoms with Crippen LogP contribution in [0.15, 0.2) is 255 Å². The number of likely N-dealkylation sites (N-methyl/N-ethyl adjacent to an activating group) is 1. The van der Waals surface area contributed by atoms with Crippen LogP contribution in [0.2, 0.25) is 0 Å². The molecule has 0 saturated heterocycles. The summed E-state index contributed by atoms with van der Waals surface area (Å²) in [6.45, 7) is 4.09. The van der Waals surface area contributed by atoms with E-state index < -0.39 is 32.5 Å². The highest BCUT2D eigenvalue weighted by atomic mass is 31.2. The first-order valence-corrected chi connectivity index (χ1v) is 37.9. The van der Waals surface area contributed by atoms with Gasteiger partial charge in [-0.05, 0) is 173 Å². The van der Waals surface area contributed by atoms with Crippen molar-refractivity contribution < 1.29 is 42.1 Å². The minimum Gasteiger partial charge on any atom is -0.462 e. The summed E-state index contributed by atoms with van der Waals surface area (Å²) in [7, 11) is 1.40. The third kappa shape index (κ3) is 76.6. The second-order valence-corrected chi connectivity index (χ2v) is 25.6. The molecule has 0 amide bonds. The average Bonchev–Trinajstić information content (AvgIpc) is 2.72. The number of hydrogen-bond acceptors (Lipinski definition) is 7. The molecule has 10 heteroatoms. The van der Waals surface area contributed by atoms with Crippen LogP contribution < -0.4 is 0 Å². The van der Waals surface area contributed by atoms with Gasteiger partial charge in [0.2, 0.25) is 0 Å². The molecule has 0 aliphatic heterocycles. The van der Waals surface area contributed by atoms with Gasteiger partial charge in [0.1, 0.15) is 19.8 Å². The molecule has 0 aliphatic carbocycles.